The highest BCUT2D eigenvalue weighted by atomic mass is 32.1. The number of rotatable bonds is 4. The van der Waals surface area contributed by atoms with Crippen molar-refractivity contribution in [2.24, 2.45) is 0 Å². The molecule has 4 heteroatoms. The number of hydrogen-bond acceptors (Lipinski definition) is 3. The van der Waals surface area contributed by atoms with Crippen molar-refractivity contribution >= 4 is 45.8 Å². The van der Waals surface area contributed by atoms with E-state index in [1.165, 1.54) is 21.3 Å². The standard InChI is InChI=1S/C19H14BNS2/c1-3-7-15(8-4-1)20(16-9-5-2-6-10-16)17-11-13-22-18(17)19-21-12-14-23-19/h1-14H. The Morgan fingerprint density at radius 1 is 0.696 bits per heavy atom. The van der Waals surface area contributed by atoms with Gasteiger partial charge < -0.3 is 0 Å². The van der Waals surface area contributed by atoms with Gasteiger partial charge in [0.05, 0.1) is 4.88 Å². The monoisotopic (exact) mass is 331 g/mol. The van der Waals surface area contributed by atoms with Gasteiger partial charge in [0.25, 0.3) is 0 Å². The van der Waals surface area contributed by atoms with Crippen molar-refractivity contribution in [2.75, 3.05) is 0 Å². The molecule has 0 N–H and O–H groups in total. The second-order valence-corrected chi connectivity index (χ2v) is 7.11. The van der Waals surface area contributed by atoms with Crippen molar-refractivity contribution in [3.8, 4) is 9.88 Å². The van der Waals surface area contributed by atoms with Crippen LogP contribution < -0.4 is 16.4 Å². The van der Waals surface area contributed by atoms with Gasteiger partial charge in [-0.25, -0.2) is 4.98 Å². The van der Waals surface area contributed by atoms with Gasteiger partial charge in [-0.15, -0.1) is 22.7 Å². The lowest BCUT2D eigenvalue weighted by molar-refractivity contribution is 1.43. The SMILES string of the molecule is c1ccc(B(c2ccccc2)c2ccsc2-c2nccs2)cc1. The maximum atomic E-state index is 4.52. The van der Waals surface area contributed by atoms with Crippen LogP contribution in [0.2, 0.25) is 0 Å². The largest absolute Gasteiger partial charge is 0.244 e. The smallest absolute Gasteiger partial charge is 0.243 e. The highest BCUT2D eigenvalue weighted by Gasteiger charge is 2.25. The first kappa shape index (κ1) is 14.4. The lowest BCUT2D eigenvalue weighted by atomic mass is 9.37. The van der Waals surface area contributed by atoms with Gasteiger partial charge >= 0.3 is 0 Å². The Balaban J connectivity index is 1.89. The van der Waals surface area contributed by atoms with Gasteiger partial charge in [0, 0.05) is 11.6 Å². The first-order valence-corrected chi connectivity index (χ1v) is 9.26. The van der Waals surface area contributed by atoms with Crippen LogP contribution in [0, 0.1) is 0 Å². The molecule has 110 valence electrons. The average Bonchev–Trinajstić information content (AvgIpc) is 3.28. The molecule has 0 amide bonds. The average molecular weight is 331 g/mol. The molecule has 2 heterocycles. The molecule has 0 aliphatic heterocycles. The third kappa shape index (κ3) is 2.88. The van der Waals surface area contributed by atoms with E-state index in [1.807, 2.05) is 11.6 Å². The molecule has 0 radical (unpaired) electrons. The Kier molecular flexibility index (Phi) is 4.09. The Morgan fingerprint density at radius 2 is 1.35 bits per heavy atom. The van der Waals surface area contributed by atoms with Crippen molar-refractivity contribution in [1.29, 1.82) is 0 Å². The van der Waals surface area contributed by atoms with Gasteiger partial charge in [0.15, 0.2) is 0 Å². The topological polar surface area (TPSA) is 12.9 Å². The predicted molar refractivity (Wildman–Crippen MR) is 103 cm³/mol. The molecule has 0 saturated heterocycles. The number of nitrogens with zero attached hydrogens (tertiary/aromatic N) is 1. The summed E-state index contributed by atoms with van der Waals surface area (Å²) < 4.78 is 0. The molecular weight excluding hydrogens is 317 g/mol. The Labute approximate surface area is 144 Å². The molecule has 4 aromatic rings. The van der Waals surface area contributed by atoms with E-state index in [2.05, 4.69) is 77.1 Å². The normalized spacial score (nSPS) is 10.6. The number of benzene rings is 2. The third-order valence-electron chi connectivity index (χ3n) is 3.90. The number of aromatic nitrogens is 1. The van der Waals surface area contributed by atoms with E-state index in [4.69, 9.17) is 0 Å². The maximum Gasteiger partial charge on any atom is 0.243 e. The van der Waals surface area contributed by atoms with Crippen molar-refractivity contribution in [3.63, 3.8) is 0 Å². The molecule has 2 aromatic heterocycles. The fourth-order valence-electron chi connectivity index (χ4n) is 2.90. The minimum Gasteiger partial charge on any atom is -0.244 e. The van der Waals surface area contributed by atoms with E-state index in [0.717, 1.165) is 5.01 Å². The van der Waals surface area contributed by atoms with Crippen LogP contribution in [-0.2, 0) is 0 Å². The molecule has 0 aliphatic carbocycles. The van der Waals surface area contributed by atoms with Crippen molar-refractivity contribution in [1.82, 2.24) is 4.98 Å². The van der Waals surface area contributed by atoms with E-state index in [1.54, 1.807) is 22.7 Å². The van der Waals surface area contributed by atoms with Crippen molar-refractivity contribution in [2.45, 2.75) is 0 Å². The second-order valence-electron chi connectivity index (χ2n) is 5.30. The summed E-state index contributed by atoms with van der Waals surface area (Å²) in [5, 5.41) is 5.32. The van der Waals surface area contributed by atoms with Crippen LogP contribution in [0.4, 0.5) is 0 Å². The lowest BCUT2D eigenvalue weighted by Gasteiger charge is -2.15. The quantitative estimate of drug-likeness (QED) is 0.523. The third-order valence-corrected chi connectivity index (χ3v) is 5.76. The first-order valence-electron chi connectivity index (χ1n) is 7.50. The van der Waals surface area contributed by atoms with Crippen LogP contribution in [0.1, 0.15) is 0 Å². The second kappa shape index (κ2) is 6.53. The molecule has 23 heavy (non-hydrogen) atoms. The van der Waals surface area contributed by atoms with E-state index < -0.39 is 0 Å². The Bertz CT molecular complexity index is 831. The zero-order chi connectivity index (χ0) is 15.5. The molecular formula is C19H14BNS2. The summed E-state index contributed by atoms with van der Waals surface area (Å²) in [7, 11) is 0. The Morgan fingerprint density at radius 3 is 1.91 bits per heavy atom. The highest BCUT2D eigenvalue weighted by Crippen LogP contribution is 2.25. The van der Waals surface area contributed by atoms with Crippen LogP contribution >= 0.6 is 22.7 Å². The molecule has 1 nitrogen and oxygen atoms in total. The molecule has 0 fully saturated rings. The molecule has 0 saturated carbocycles. The van der Waals surface area contributed by atoms with E-state index in [9.17, 15) is 0 Å². The molecule has 0 aliphatic rings. The maximum absolute atomic E-state index is 4.52. The zero-order valence-electron chi connectivity index (χ0n) is 12.4. The minimum absolute atomic E-state index is 0.238. The summed E-state index contributed by atoms with van der Waals surface area (Å²) in [5.41, 5.74) is 3.96. The molecule has 2 aromatic carbocycles. The molecule has 0 unspecified atom stereocenters. The predicted octanol–water partition coefficient (Wildman–Crippen LogP) is 3.39. The van der Waals surface area contributed by atoms with Crippen LogP contribution in [0.5, 0.6) is 0 Å². The lowest BCUT2D eigenvalue weighted by Crippen LogP contribution is -2.52. The van der Waals surface area contributed by atoms with Crippen LogP contribution in [0.25, 0.3) is 9.88 Å². The number of thiazole rings is 1. The summed E-state index contributed by atoms with van der Waals surface area (Å²) >= 11 is 3.47. The number of hydrogen-bond donors (Lipinski definition) is 0. The van der Waals surface area contributed by atoms with E-state index >= 15 is 0 Å². The van der Waals surface area contributed by atoms with Gasteiger partial charge in [-0.1, -0.05) is 77.7 Å². The minimum atomic E-state index is 0.238. The fourth-order valence-corrected chi connectivity index (χ4v) is 4.61. The Hall–Kier alpha value is -2.17. The fraction of sp³-hybridized carbons (Fsp3) is 0. The van der Waals surface area contributed by atoms with Gasteiger partial charge in [-0.2, -0.15) is 0 Å². The molecule has 0 spiro atoms. The first-order chi connectivity index (χ1) is 11.4. The highest BCUT2D eigenvalue weighted by molar-refractivity contribution is 7.22. The molecule has 0 bridgehead atoms. The van der Waals surface area contributed by atoms with Crippen LogP contribution in [0.15, 0.2) is 83.7 Å². The van der Waals surface area contributed by atoms with Crippen LogP contribution in [-0.4, -0.2) is 11.7 Å². The number of thiophene rings is 1. The molecule has 4 rings (SSSR count). The summed E-state index contributed by atoms with van der Waals surface area (Å²) in [6.45, 7) is 0.238. The van der Waals surface area contributed by atoms with Gasteiger partial charge in [-0.05, 0) is 10.8 Å². The van der Waals surface area contributed by atoms with Crippen LogP contribution in [0.3, 0.4) is 0 Å². The van der Waals surface area contributed by atoms with Gasteiger partial charge in [0.1, 0.15) is 5.01 Å². The molecule has 0 atom stereocenters. The summed E-state index contributed by atoms with van der Waals surface area (Å²) in [5.74, 6) is 0. The van der Waals surface area contributed by atoms with E-state index in [0.29, 0.717) is 0 Å². The summed E-state index contributed by atoms with van der Waals surface area (Å²) in [4.78, 5) is 5.79. The van der Waals surface area contributed by atoms with Crippen molar-refractivity contribution in [3.05, 3.63) is 83.7 Å². The van der Waals surface area contributed by atoms with Crippen molar-refractivity contribution < 1.29 is 0 Å². The van der Waals surface area contributed by atoms with Gasteiger partial charge in [-0.3, -0.25) is 0 Å². The zero-order valence-corrected chi connectivity index (χ0v) is 14.1. The summed E-state index contributed by atoms with van der Waals surface area (Å²) in [6, 6.07) is 23.7. The van der Waals surface area contributed by atoms with Gasteiger partial charge in [0.2, 0.25) is 6.71 Å². The summed E-state index contributed by atoms with van der Waals surface area (Å²) in [6.07, 6.45) is 1.88. The van der Waals surface area contributed by atoms with E-state index in [-0.39, 0.29) is 6.71 Å².